The molecule has 1 atom stereocenters. The van der Waals surface area contributed by atoms with E-state index in [4.69, 9.17) is 4.74 Å². The smallest absolute Gasteiger partial charge is 0.235 e. The second-order valence-electron chi connectivity index (χ2n) is 6.19. The third-order valence-corrected chi connectivity index (χ3v) is 6.37. The number of nitrogens with one attached hydrogen (secondary N) is 1. The van der Waals surface area contributed by atoms with E-state index in [-0.39, 0.29) is 19.0 Å². The van der Waals surface area contributed by atoms with Crippen molar-refractivity contribution >= 4 is 15.7 Å². The third-order valence-electron chi connectivity index (χ3n) is 4.35. The average molecular weight is 377 g/mol. The molecule has 26 heavy (non-hydrogen) atoms. The summed E-state index contributed by atoms with van der Waals surface area (Å²) in [6.07, 6.45) is 1.23. The van der Waals surface area contributed by atoms with Crippen molar-refractivity contribution in [3.05, 3.63) is 65.5 Å². The van der Waals surface area contributed by atoms with E-state index in [1.54, 1.807) is 0 Å². The summed E-state index contributed by atoms with van der Waals surface area (Å²) in [6, 6.07) is 13.0. The quantitative estimate of drug-likeness (QED) is 0.752. The lowest BCUT2D eigenvalue weighted by atomic mass is 10.1. The SMILES string of the molecule is O=C(CS(=O)(=O)C1CCc2ccccc21)NCCOc1ccc(F)cc1. The van der Waals surface area contributed by atoms with Crippen molar-refractivity contribution in [1.29, 1.82) is 0 Å². The van der Waals surface area contributed by atoms with Gasteiger partial charge in [-0.1, -0.05) is 24.3 Å². The average Bonchev–Trinajstić information content (AvgIpc) is 3.05. The van der Waals surface area contributed by atoms with Crippen LogP contribution in [0.3, 0.4) is 0 Å². The first-order valence-corrected chi connectivity index (χ1v) is 10.1. The molecule has 1 N–H and O–H groups in total. The van der Waals surface area contributed by atoms with E-state index in [0.29, 0.717) is 18.6 Å². The van der Waals surface area contributed by atoms with Crippen molar-refractivity contribution in [1.82, 2.24) is 5.32 Å². The molecule has 2 aromatic rings. The fraction of sp³-hybridized carbons (Fsp3) is 0.316. The predicted octanol–water partition coefficient (Wildman–Crippen LogP) is 2.42. The van der Waals surface area contributed by atoms with Crippen molar-refractivity contribution in [3.8, 4) is 5.75 Å². The Balaban J connectivity index is 1.48. The number of amides is 1. The van der Waals surface area contributed by atoms with E-state index in [9.17, 15) is 17.6 Å². The summed E-state index contributed by atoms with van der Waals surface area (Å²) >= 11 is 0. The Morgan fingerprint density at radius 3 is 2.65 bits per heavy atom. The van der Waals surface area contributed by atoms with Crippen LogP contribution in [0.2, 0.25) is 0 Å². The molecular weight excluding hydrogens is 357 g/mol. The Bertz CT molecular complexity index is 881. The molecule has 0 radical (unpaired) electrons. The van der Waals surface area contributed by atoms with E-state index in [2.05, 4.69) is 5.32 Å². The van der Waals surface area contributed by atoms with Crippen molar-refractivity contribution in [2.24, 2.45) is 0 Å². The topological polar surface area (TPSA) is 72.5 Å². The standard InChI is InChI=1S/C19H20FNO4S/c20-15-6-8-16(9-7-15)25-12-11-21-19(22)13-26(23,24)18-10-5-14-3-1-2-4-17(14)18/h1-4,6-9,18H,5,10-13H2,(H,21,22). The fourth-order valence-corrected chi connectivity index (χ4v) is 4.88. The summed E-state index contributed by atoms with van der Waals surface area (Å²) in [5.41, 5.74) is 1.84. The van der Waals surface area contributed by atoms with Gasteiger partial charge in [0.05, 0.1) is 11.8 Å². The monoisotopic (exact) mass is 377 g/mol. The Hall–Kier alpha value is -2.41. The number of aryl methyl sites for hydroxylation is 1. The summed E-state index contributed by atoms with van der Waals surface area (Å²) < 4.78 is 43.3. The largest absolute Gasteiger partial charge is 0.492 e. The van der Waals surface area contributed by atoms with Crippen LogP contribution >= 0.6 is 0 Å². The minimum absolute atomic E-state index is 0.170. The molecule has 2 aromatic carbocycles. The molecule has 0 spiro atoms. The highest BCUT2D eigenvalue weighted by Gasteiger charge is 2.34. The van der Waals surface area contributed by atoms with Gasteiger partial charge in [-0.25, -0.2) is 12.8 Å². The number of hydrogen-bond donors (Lipinski definition) is 1. The van der Waals surface area contributed by atoms with Crippen LogP contribution in [-0.2, 0) is 21.1 Å². The van der Waals surface area contributed by atoms with E-state index in [1.807, 2.05) is 24.3 Å². The molecule has 0 aliphatic heterocycles. The Morgan fingerprint density at radius 1 is 1.15 bits per heavy atom. The zero-order chi connectivity index (χ0) is 18.6. The second kappa shape index (κ2) is 7.86. The molecule has 5 nitrogen and oxygen atoms in total. The maximum atomic E-state index is 12.8. The van der Waals surface area contributed by atoms with Crippen LogP contribution in [0.1, 0.15) is 22.8 Å². The van der Waals surface area contributed by atoms with E-state index in [0.717, 1.165) is 11.1 Å². The summed E-state index contributed by atoms with van der Waals surface area (Å²) in [5, 5.41) is 1.94. The van der Waals surface area contributed by atoms with Gasteiger partial charge in [0, 0.05) is 0 Å². The Morgan fingerprint density at radius 2 is 1.88 bits per heavy atom. The van der Waals surface area contributed by atoms with Crippen LogP contribution in [0.5, 0.6) is 5.75 Å². The van der Waals surface area contributed by atoms with Crippen molar-refractivity contribution in [3.63, 3.8) is 0 Å². The van der Waals surface area contributed by atoms with Gasteiger partial charge >= 0.3 is 0 Å². The van der Waals surface area contributed by atoms with Crippen LogP contribution in [0.25, 0.3) is 0 Å². The molecule has 0 saturated carbocycles. The third kappa shape index (κ3) is 4.40. The lowest BCUT2D eigenvalue weighted by molar-refractivity contribution is -0.118. The van der Waals surface area contributed by atoms with Gasteiger partial charge in [-0.2, -0.15) is 0 Å². The number of benzene rings is 2. The summed E-state index contributed by atoms with van der Waals surface area (Å²) in [4.78, 5) is 12.0. The van der Waals surface area contributed by atoms with E-state index >= 15 is 0 Å². The maximum Gasteiger partial charge on any atom is 0.235 e. The van der Waals surface area contributed by atoms with Gasteiger partial charge in [-0.3, -0.25) is 4.79 Å². The minimum Gasteiger partial charge on any atom is -0.492 e. The summed E-state index contributed by atoms with van der Waals surface area (Å²) in [6.45, 7) is 0.344. The number of fused-ring (bicyclic) bond motifs is 1. The molecule has 0 bridgehead atoms. The van der Waals surface area contributed by atoms with Crippen LogP contribution in [0.15, 0.2) is 48.5 Å². The molecule has 0 fully saturated rings. The Labute approximate surface area is 152 Å². The van der Waals surface area contributed by atoms with Crippen molar-refractivity contribution in [2.75, 3.05) is 18.9 Å². The highest BCUT2D eigenvalue weighted by atomic mass is 32.2. The van der Waals surface area contributed by atoms with Gasteiger partial charge in [-0.15, -0.1) is 0 Å². The number of rotatable bonds is 7. The molecule has 1 unspecified atom stereocenters. The molecule has 0 aromatic heterocycles. The molecule has 1 amide bonds. The fourth-order valence-electron chi connectivity index (χ4n) is 3.12. The number of carbonyl (C=O) groups excluding carboxylic acids is 1. The number of carbonyl (C=O) groups is 1. The molecule has 138 valence electrons. The van der Waals surface area contributed by atoms with Crippen LogP contribution in [0.4, 0.5) is 4.39 Å². The number of hydrogen-bond acceptors (Lipinski definition) is 4. The van der Waals surface area contributed by atoms with Crippen LogP contribution < -0.4 is 10.1 Å². The van der Waals surface area contributed by atoms with E-state index < -0.39 is 26.7 Å². The zero-order valence-corrected chi connectivity index (χ0v) is 15.0. The number of sulfone groups is 1. The molecule has 3 rings (SSSR count). The van der Waals surface area contributed by atoms with Gasteiger partial charge in [0.25, 0.3) is 0 Å². The van der Waals surface area contributed by atoms with Gasteiger partial charge in [0.1, 0.15) is 23.9 Å². The highest BCUT2D eigenvalue weighted by molar-refractivity contribution is 7.92. The van der Waals surface area contributed by atoms with Gasteiger partial charge in [0.2, 0.25) is 5.91 Å². The lowest BCUT2D eigenvalue weighted by Crippen LogP contribution is -2.34. The molecule has 7 heteroatoms. The molecule has 0 heterocycles. The van der Waals surface area contributed by atoms with Crippen LogP contribution in [-0.4, -0.2) is 33.2 Å². The normalized spacial score (nSPS) is 16.1. The maximum absolute atomic E-state index is 12.8. The zero-order valence-electron chi connectivity index (χ0n) is 14.2. The van der Waals surface area contributed by atoms with Gasteiger partial charge < -0.3 is 10.1 Å². The van der Waals surface area contributed by atoms with Crippen molar-refractivity contribution < 1.29 is 22.3 Å². The molecular formula is C19H20FNO4S. The summed E-state index contributed by atoms with van der Waals surface area (Å²) in [7, 11) is -3.56. The second-order valence-corrected chi connectivity index (χ2v) is 8.37. The lowest BCUT2D eigenvalue weighted by Gasteiger charge is -2.13. The van der Waals surface area contributed by atoms with E-state index in [1.165, 1.54) is 24.3 Å². The van der Waals surface area contributed by atoms with Gasteiger partial charge in [0.15, 0.2) is 9.84 Å². The van der Waals surface area contributed by atoms with Crippen LogP contribution in [0, 0.1) is 5.82 Å². The first-order valence-electron chi connectivity index (χ1n) is 8.40. The summed E-state index contributed by atoms with van der Waals surface area (Å²) in [5.74, 6) is -0.958. The molecule has 0 saturated heterocycles. The van der Waals surface area contributed by atoms with Crippen molar-refractivity contribution in [2.45, 2.75) is 18.1 Å². The number of halogens is 1. The first kappa shape index (κ1) is 18.4. The molecule has 1 aliphatic carbocycles. The first-order chi connectivity index (χ1) is 12.5. The minimum atomic E-state index is -3.56. The number of ether oxygens (including phenoxy) is 1. The van der Waals surface area contributed by atoms with Gasteiger partial charge in [-0.05, 0) is 48.2 Å². The Kier molecular flexibility index (Phi) is 5.56. The predicted molar refractivity (Wildman–Crippen MR) is 96.2 cm³/mol. The highest BCUT2D eigenvalue weighted by Crippen LogP contribution is 2.37. The molecule has 1 aliphatic rings.